The van der Waals surface area contributed by atoms with Gasteiger partial charge in [0.15, 0.2) is 0 Å². The lowest BCUT2D eigenvalue weighted by atomic mass is 10.2. The van der Waals surface area contributed by atoms with Gasteiger partial charge in [-0.05, 0) is 19.1 Å². The number of nitrogens with one attached hydrogen (secondary N) is 1. The van der Waals surface area contributed by atoms with Gasteiger partial charge < -0.3 is 19.9 Å². The van der Waals surface area contributed by atoms with Crippen molar-refractivity contribution in [3.05, 3.63) is 40.3 Å². The Morgan fingerprint density at radius 1 is 1.29 bits per heavy atom. The second-order valence-corrected chi connectivity index (χ2v) is 6.72. The molecule has 1 aromatic heterocycles. The molecule has 0 saturated carbocycles. The summed E-state index contributed by atoms with van der Waals surface area (Å²) in [4.78, 5) is 20.8. The van der Waals surface area contributed by atoms with Crippen molar-refractivity contribution in [1.82, 2.24) is 15.2 Å². The van der Waals surface area contributed by atoms with Gasteiger partial charge in [-0.3, -0.25) is 0 Å². The molecule has 0 unspecified atom stereocenters. The molecule has 128 valence electrons. The SMILES string of the molecule is COc1ccccc1N1CCN(C(=O)NCc2csc(C)n2)CC1. The molecule has 2 heterocycles. The first-order chi connectivity index (χ1) is 11.7. The van der Waals surface area contributed by atoms with Crippen molar-refractivity contribution in [3.63, 3.8) is 0 Å². The Balaban J connectivity index is 1.52. The zero-order valence-corrected chi connectivity index (χ0v) is 14.8. The highest BCUT2D eigenvalue weighted by Gasteiger charge is 2.22. The quantitative estimate of drug-likeness (QED) is 0.924. The highest BCUT2D eigenvalue weighted by molar-refractivity contribution is 7.09. The summed E-state index contributed by atoms with van der Waals surface area (Å²) in [5, 5.41) is 5.95. The van der Waals surface area contributed by atoms with Crippen molar-refractivity contribution in [3.8, 4) is 5.75 Å². The van der Waals surface area contributed by atoms with Gasteiger partial charge in [-0.25, -0.2) is 9.78 Å². The number of para-hydroxylation sites is 2. The number of carbonyl (C=O) groups is 1. The van der Waals surface area contributed by atoms with Gasteiger partial charge in [0.05, 0.1) is 30.0 Å². The Bertz CT molecular complexity index is 695. The number of aryl methyl sites for hydroxylation is 1. The molecule has 2 aromatic rings. The normalized spacial score (nSPS) is 14.6. The van der Waals surface area contributed by atoms with Crippen LogP contribution in [0.4, 0.5) is 10.5 Å². The largest absolute Gasteiger partial charge is 0.495 e. The number of carbonyl (C=O) groups excluding carboxylic acids is 1. The average molecular weight is 346 g/mol. The lowest BCUT2D eigenvalue weighted by Crippen LogP contribution is -2.51. The fourth-order valence-electron chi connectivity index (χ4n) is 2.81. The number of aromatic nitrogens is 1. The number of urea groups is 1. The Hall–Kier alpha value is -2.28. The van der Waals surface area contributed by atoms with Crippen LogP contribution in [-0.4, -0.2) is 49.2 Å². The van der Waals surface area contributed by atoms with Crippen molar-refractivity contribution >= 4 is 23.1 Å². The summed E-state index contributed by atoms with van der Waals surface area (Å²) in [5.41, 5.74) is 2.00. The zero-order chi connectivity index (χ0) is 16.9. The number of thiazole rings is 1. The molecule has 7 heteroatoms. The average Bonchev–Trinajstić information content (AvgIpc) is 3.05. The number of methoxy groups -OCH3 is 1. The van der Waals surface area contributed by atoms with E-state index >= 15 is 0 Å². The van der Waals surface area contributed by atoms with Gasteiger partial charge in [0.2, 0.25) is 0 Å². The van der Waals surface area contributed by atoms with E-state index in [1.807, 2.05) is 35.4 Å². The van der Waals surface area contributed by atoms with Crippen LogP contribution in [0.15, 0.2) is 29.6 Å². The van der Waals surface area contributed by atoms with Gasteiger partial charge in [-0.1, -0.05) is 12.1 Å². The molecule has 1 fully saturated rings. The molecule has 24 heavy (non-hydrogen) atoms. The van der Waals surface area contributed by atoms with E-state index < -0.39 is 0 Å². The summed E-state index contributed by atoms with van der Waals surface area (Å²) in [6.45, 7) is 5.43. The fourth-order valence-corrected chi connectivity index (χ4v) is 3.42. The van der Waals surface area contributed by atoms with E-state index in [4.69, 9.17) is 4.74 Å². The third-order valence-electron chi connectivity index (χ3n) is 4.08. The van der Waals surface area contributed by atoms with E-state index in [2.05, 4.69) is 21.3 Å². The minimum atomic E-state index is -0.0275. The second kappa shape index (κ2) is 7.53. The minimum absolute atomic E-state index is 0.0275. The summed E-state index contributed by atoms with van der Waals surface area (Å²) >= 11 is 1.60. The van der Waals surface area contributed by atoms with Gasteiger partial charge in [-0.2, -0.15) is 0 Å². The standard InChI is InChI=1S/C17H22N4O2S/c1-13-19-14(12-24-13)11-18-17(22)21-9-7-20(8-10-21)15-5-3-4-6-16(15)23-2/h3-6,12H,7-11H2,1-2H3,(H,18,22). The van der Waals surface area contributed by atoms with E-state index in [-0.39, 0.29) is 6.03 Å². The van der Waals surface area contributed by atoms with Crippen LogP contribution in [0.25, 0.3) is 0 Å². The van der Waals surface area contributed by atoms with Crippen molar-refractivity contribution < 1.29 is 9.53 Å². The Morgan fingerprint density at radius 2 is 2.04 bits per heavy atom. The Labute approximate surface area is 146 Å². The van der Waals surface area contributed by atoms with Crippen LogP contribution in [0.3, 0.4) is 0 Å². The maximum absolute atomic E-state index is 12.3. The smallest absolute Gasteiger partial charge is 0.317 e. The molecule has 1 aliphatic rings. The number of piperazine rings is 1. The summed E-state index contributed by atoms with van der Waals surface area (Å²) in [6.07, 6.45) is 0. The second-order valence-electron chi connectivity index (χ2n) is 5.66. The van der Waals surface area contributed by atoms with E-state index in [0.717, 1.165) is 35.2 Å². The topological polar surface area (TPSA) is 57.7 Å². The molecule has 3 rings (SSSR count). The first kappa shape index (κ1) is 16.6. The number of nitrogens with zero attached hydrogens (tertiary/aromatic N) is 3. The lowest BCUT2D eigenvalue weighted by Gasteiger charge is -2.36. The highest BCUT2D eigenvalue weighted by atomic mass is 32.1. The van der Waals surface area contributed by atoms with Crippen LogP contribution >= 0.6 is 11.3 Å². The first-order valence-electron chi connectivity index (χ1n) is 7.99. The molecular weight excluding hydrogens is 324 g/mol. The molecule has 0 atom stereocenters. The number of hydrogen-bond donors (Lipinski definition) is 1. The third-order valence-corrected chi connectivity index (χ3v) is 4.90. The highest BCUT2D eigenvalue weighted by Crippen LogP contribution is 2.28. The maximum Gasteiger partial charge on any atom is 0.317 e. The molecule has 1 aromatic carbocycles. The van der Waals surface area contributed by atoms with Crippen molar-refractivity contribution in [2.75, 3.05) is 38.2 Å². The van der Waals surface area contributed by atoms with Crippen LogP contribution < -0.4 is 15.0 Å². The van der Waals surface area contributed by atoms with Gasteiger partial charge >= 0.3 is 6.03 Å². The fraction of sp³-hybridized carbons (Fsp3) is 0.412. The molecule has 0 radical (unpaired) electrons. The number of ether oxygens (including phenoxy) is 1. The summed E-state index contributed by atoms with van der Waals surface area (Å²) in [6, 6.07) is 7.96. The molecule has 1 saturated heterocycles. The minimum Gasteiger partial charge on any atom is -0.495 e. The molecule has 1 N–H and O–H groups in total. The predicted molar refractivity (Wildman–Crippen MR) is 95.9 cm³/mol. The monoisotopic (exact) mass is 346 g/mol. The number of benzene rings is 1. The number of amides is 2. The van der Waals surface area contributed by atoms with Crippen molar-refractivity contribution in [2.24, 2.45) is 0 Å². The molecule has 0 bridgehead atoms. The molecule has 0 aliphatic carbocycles. The van der Waals surface area contributed by atoms with E-state index in [0.29, 0.717) is 19.6 Å². The van der Waals surface area contributed by atoms with E-state index in [1.165, 1.54) is 0 Å². The maximum atomic E-state index is 12.3. The van der Waals surface area contributed by atoms with Crippen LogP contribution in [0.5, 0.6) is 5.75 Å². The predicted octanol–water partition coefficient (Wildman–Crippen LogP) is 2.49. The molecule has 1 aliphatic heterocycles. The number of hydrogen-bond acceptors (Lipinski definition) is 5. The lowest BCUT2D eigenvalue weighted by molar-refractivity contribution is 0.193. The molecule has 2 amide bonds. The van der Waals surface area contributed by atoms with Crippen LogP contribution in [-0.2, 0) is 6.54 Å². The number of rotatable bonds is 4. The summed E-state index contributed by atoms with van der Waals surface area (Å²) in [5.74, 6) is 0.870. The van der Waals surface area contributed by atoms with Gasteiger partial charge in [-0.15, -0.1) is 11.3 Å². The Morgan fingerprint density at radius 3 is 2.71 bits per heavy atom. The molecular formula is C17H22N4O2S. The van der Waals surface area contributed by atoms with Crippen LogP contribution in [0, 0.1) is 6.92 Å². The number of anilines is 1. The van der Waals surface area contributed by atoms with Gasteiger partial charge in [0.1, 0.15) is 5.75 Å². The van der Waals surface area contributed by atoms with Gasteiger partial charge in [0.25, 0.3) is 0 Å². The first-order valence-corrected chi connectivity index (χ1v) is 8.87. The van der Waals surface area contributed by atoms with Crippen LogP contribution in [0.2, 0.25) is 0 Å². The molecule has 0 spiro atoms. The summed E-state index contributed by atoms with van der Waals surface area (Å²) in [7, 11) is 1.68. The zero-order valence-electron chi connectivity index (χ0n) is 14.0. The third kappa shape index (κ3) is 3.79. The van der Waals surface area contributed by atoms with Crippen LogP contribution in [0.1, 0.15) is 10.7 Å². The Kier molecular flexibility index (Phi) is 5.20. The van der Waals surface area contributed by atoms with E-state index in [1.54, 1.807) is 18.4 Å². The van der Waals surface area contributed by atoms with E-state index in [9.17, 15) is 4.79 Å². The van der Waals surface area contributed by atoms with Crippen molar-refractivity contribution in [1.29, 1.82) is 0 Å². The van der Waals surface area contributed by atoms with Gasteiger partial charge in [0, 0.05) is 31.6 Å². The summed E-state index contributed by atoms with van der Waals surface area (Å²) < 4.78 is 5.42. The van der Waals surface area contributed by atoms with Crippen molar-refractivity contribution in [2.45, 2.75) is 13.5 Å². The molecule has 6 nitrogen and oxygen atoms in total.